The molecule has 0 aliphatic rings. The second-order valence-corrected chi connectivity index (χ2v) is 16.9. The van der Waals surface area contributed by atoms with Gasteiger partial charge in [0.15, 0.2) is 0 Å². The molecule has 0 saturated carbocycles. The van der Waals surface area contributed by atoms with E-state index >= 15 is 0 Å². The fourth-order valence-electron chi connectivity index (χ4n) is 10.1. The molecule has 3 heteroatoms. The molecule has 0 atom stereocenters. The van der Waals surface area contributed by atoms with Gasteiger partial charge < -0.3 is 13.9 Å². The zero-order valence-corrected chi connectivity index (χ0v) is 35.4. The molecule has 2 heterocycles. The first-order chi connectivity index (χ1) is 32.2. The second-order valence-electron chi connectivity index (χ2n) is 16.9. The van der Waals surface area contributed by atoms with Crippen molar-refractivity contribution in [2.75, 3.05) is 4.90 Å². The predicted molar refractivity (Wildman–Crippen MR) is 274 cm³/mol. The van der Waals surface area contributed by atoms with Gasteiger partial charge in [-0.1, -0.05) is 164 Å². The molecule has 0 radical (unpaired) electrons. The van der Waals surface area contributed by atoms with Crippen molar-refractivity contribution in [3.63, 3.8) is 0 Å². The smallest absolute Gasteiger partial charge is 0.136 e. The molecular weight excluding hydrogens is 789 g/mol. The highest BCUT2D eigenvalue weighted by Crippen LogP contribution is 2.42. The van der Waals surface area contributed by atoms with Gasteiger partial charge in [0.25, 0.3) is 0 Å². The van der Waals surface area contributed by atoms with Crippen molar-refractivity contribution in [3.8, 4) is 39.1 Å². The van der Waals surface area contributed by atoms with Gasteiger partial charge in [0, 0.05) is 44.2 Å². The Morgan fingerprint density at radius 2 is 0.862 bits per heavy atom. The molecule has 0 fully saturated rings. The van der Waals surface area contributed by atoms with Gasteiger partial charge in [-0.3, -0.25) is 0 Å². The van der Waals surface area contributed by atoms with E-state index in [2.05, 4.69) is 240 Å². The van der Waals surface area contributed by atoms with E-state index < -0.39 is 0 Å². The Hall–Kier alpha value is -8.66. The Labute approximate surface area is 376 Å². The summed E-state index contributed by atoms with van der Waals surface area (Å²) in [6.07, 6.45) is 0. The number of para-hydroxylation sites is 4. The first-order valence-corrected chi connectivity index (χ1v) is 22.2. The van der Waals surface area contributed by atoms with Gasteiger partial charge in [-0.2, -0.15) is 0 Å². The van der Waals surface area contributed by atoms with E-state index in [0.717, 1.165) is 61.4 Å². The molecule has 304 valence electrons. The molecule has 3 nitrogen and oxygen atoms in total. The average molecular weight is 829 g/mol. The summed E-state index contributed by atoms with van der Waals surface area (Å²) in [6, 6.07) is 87.8. The number of fused-ring (bicyclic) bond motifs is 9. The van der Waals surface area contributed by atoms with Crippen LogP contribution in [-0.2, 0) is 0 Å². The van der Waals surface area contributed by atoms with E-state index in [0.29, 0.717) is 0 Å². The molecule has 65 heavy (non-hydrogen) atoms. The molecule has 11 aromatic carbocycles. The van der Waals surface area contributed by atoms with Gasteiger partial charge in [-0.25, -0.2) is 0 Å². The quantitative estimate of drug-likeness (QED) is 0.149. The fraction of sp³-hybridized carbons (Fsp3) is 0. The summed E-state index contributed by atoms with van der Waals surface area (Å²) in [6.45, 7) is 0. The lowest BCUT2D eigenvalue weighted by Gasteiger charge is -2.27. The maximum Gasteiger partial charge on any atom is 0.136 e. The number of rotatable bonds is 7. The lowest BCUT2D eigenvalue weighted by molar-refractivity contribution is 0.669. The van der Waals surface area contributed by atoms with E-state index in [1.165, 1.54) is 60.0 Å². The van der Waals surface area contributed by atoms with Crippen LogP contribution in [0, 0.1) is 0 Å². The Balaban J connectivity index is 0.936. The van der Waals surface area contributed by atoms with Crippen molar-refractivity contribution in [1.82, 2.24) is 4.57 Å². The number of hydrogen-bond acceptors (Lipinski definition) is 2. The third kappa shape index (κ3) is 6.12. The van der Waals surface area contributed by atoms with Crippen molar-refractivity contribution in [2.24, 2.45) is 0 Å². The normalized spacial score (nSPS) is 11.7. The molecule has 0 bridgehead atoms. The molecule has 0 unspecified atom stereocenters. The third-order valence-corrected chi connectivity index (χ3v) is 13.2. The molecule has 0 spiro atoms. The van der Waals surface area contributed by atoms with Crippen molar-refractivity contribution in [2.45, 2.75) is 0 Å². The van der Waals surface area contributed by atoms with Crippen LogP contribution in [0.1, 0.15) is 0 Å². The summed E-state index contributed by atoms with van der Waals surface area (Å²) in [7, 11) is 0. The Morgan fingerprint density at radius 1 is 0.292 bits per heavy atom. The maximum atomic E-state index is 6.29. The van der Waals surface area contributed by atoms with Crippen LogP contribution >= 0.6 is 0 Å². The van der Waals surface area contributed by atoms with Crippen molar-refractivity contribution in [1.29, 1.82) is 0 Å². The molecule has 13 rings (SSSR count). The van der Waals surface area contributed by atoms with Gasteiger partial charge in [0.2, 0.25) is 0 Å². The van der Waals surface area contributed by atoms with E-state index in [-0.39, 0.29) is 0 Å². The van der Waals surface area contributed by atoms with Crippen LogP contribution in [0.2, 0.25) is 0 Å². The van der Waals surface area contributed by atoms with Crippen LogP contribution < -0.4 is 4.90 Å². The SMILES string of the molecule is c1cc(-c2cc3ccccc3c3ccccc23)cc(N(c2ccc(-c3ccc4c(c3)oc3ccccc34)cc2)c2ccc(-c3ccccc3-n3c4ccccc4c4ccccc43)cc2)c1. The van der Waals surface area contributed by atoms with Gasteiger partial charge in [-0.05, 0) is 128 Å². The van der Waals surface area contributed by atoms with E-state index in [1.54, 1.807) is 0 Å². The summed E-state index contributed by atoms with van der Waals surface area (Å²) in [5, 5.41) is 9.78. The Morgan fingerprint density at radius 3 is 1.62 bits per heavy atom. The van der Waals surface area contributed by atoms with Crippen molar-refractivity contribution >= 4 is 82.4 Å². The monoisotopic (exact) mass is 828 g/mol. The zero-order chi connectivity index (χ0) is 42.8. The maximum absolute atomic E-state index is 6.29. The Kier molecular flexibility index (Phi) is 8.53. The van der Waals surface area contributed by atoms with Gasteiger partial charge in [0.1, 0.15) is 11.2 Å². The standard InChI is InChI=1S/C62H40N2O/c1-2-17-49-45(14-1)39-57(52-20-4-3-19-51(49)52)44-15-13-16-48(38-44)63(46-33-28-41(29-34-46)43-32-37-56-55-23-8-12-27-61(55)65-62(56)40-43)47-35-30-42(31-36-47)50-18-5-9-24-58(50)64-59-25-10-6-21-53(59)54-22-7-11-26-60(54)64/h1-40H. The lowest BCUT2D eigenvalue weighted by atomic mass is 9.93. The number of furan rings is 1. The third-order valence-electron chi connectivity index (χ3n) is 13.2. The molecular formula is C62H40N2O. The van der Waals surface area contributed by atoms with Crippen LogP contribution in [0.25, 0.3) is 104 Å². The molecule has 0 aliphatic heterocycles. The highest BCUT2D eigenvalue weighted by Gasteiger charge is 2.19. The second kappa shape index (κ2) is 15.0. The summed E-state index contributed by atoms with van der Waals surface area (Å²) in [5.74, 6) is 0. The van der Waals surface area contributed by atoms with Crippen molar-refractivity contribution in [3.05, 3.63) is 243 Å². The zero-order valence-electron chi connectivity index (χ0n) is 35.4. The molecule has 0 aliphatic carbocycles. The first kappa shape index (κ1) is 36.9. The van der Waals surface area contributed by atoms with Crippen molar-refractivity contribution < 1.29 is 4.42 Å². The van der Waals surface area contributed by atoms with Crippen LogP contribution in [0.15, 0.2) is 247 Å². The topological polar surface area (TPSA) is 21.3 Å². The van der Waals surface area contributed by atoms with Crippen LogP contribution in [0.3, 0.4) is 0 Å². The number of aromatic nitrogens is 1. The summed E-state index contributed by atoms with van der Waals surface area (Å²) < 4.78 is 8.70. The largest absolute Gasteiger partial charge is 0.456 e. The summed E-state index contributed by atoms with van der Waals surface area (Å²) >= 11 is 0. The highest BCUT2D eigenvalue weighted by atomic mass is 16.3. The van der Waals surface area contributed by atoms with E-state index in [4.69, 9.17) is 4.42 Å². The minimum Gasteiger partial charge on any atom is -0.456 e. The van der Waals surface area contributed by atoms with E-state index in [9.17, 15) is 0 Å². The Bertz CT molecular complexity index is 3900. The first-order valence-electron chi connectivity index (χ1n) is 22.2. The summed E-state index contributed by atoms with van der Waals surface area (Å²) in [5.41, 5.74) is 15.5. The molecule has 0 saturated heterocycles. The van der Waals surface area contributed by atoms with E-state index in [1.807, 2.05) is 12.1 Å². The van der Waals surface area contributed by atoms with Gasteiger partial charge in [0.05, 0.1) is 16.7 Å². The minimum atomic E-state index is 0.896. The molecule has 0 amide bonds. The number of anilines is 3. The van der Waals surface area contributed by atoms with Crippen LogP contribution in [0.5, 0.6) is 0 Å². The molecule has 2 aromatic heterocycles. The van der Waals surface area contributed by atoms with Gasteiger partial charge in [-0.15, -0.1) is 0 Å². The molecule has 13 aromatic rings. The minimum absolute atomic E-state index is 0.896. The number of benzene rings is 11. The molecule has 0 N–H and O–H groups in total. The van der Waals surface area contributed by atoms with Crippen LogP contribution in [-0.4, -0.2) is 4.57 Å². The predicted octanol–water partition coefficient (Wildman–Crippen LogP) is 17.5. The van der Waals surface area contributed by atoms with Gasteiger partial charge >= 0.3 is 0 Å². The van der Waals surface area contributed by atoms with Crippen LogP contribution in [0.4, 0.5) is 17.1 Å². The average Bonchev–Trinajstić information content (AvgIpc) is 3.92. The summed E-state index contributed by atoms with van der Waals surface area (Å²) in [4.78, 5) is 2.38. The number of nitrogens with zero attached hydrogens (tertiary/aromatic N) is 2. The fourth-order valence-corrected chi connectivity index (χ4v) is 10.1. The highest BCUT2D eigenvalue weighted by molar-refractivity contribution is 6.14. The number of hydrogen-bond donors (Lipinski definition) is 0. The lowest BCUT2D eigenvalue weighted by Crippen LogP contribution is -2.10.